The molecule has 0 radical (unpaired) electrons. The maximum Gasteiger partial charge on any atom is 0.260 e. The van der Waals surface area contributed by atoms with Crippen LogP contribution >= 0.6 is 11.3 Å². The number of methoxy groups -OCH3 is 2. The Morgan fingerprint density at radius 2 is 1.91 bits per heavy atom. The van der Waals surface area contributed by atoms with Crippen molar-refractivity contribution in [2.24, 2.45) is 0 Å². The summed E-state index contributed by atoms with van der Waals surface area (Å²) >= 11 is 1.40. The van der Waals surface area contributed by atoms with E-state index < -0.39 is 0 Å². The van der Waals surface area contributed by atoms with Crippen LogP contribution < -0.4 is 23.8 Å². The van der Waals surface area contributed by atoms with Crippen LogP contribution in [0.4, 0.5) is 5.13 Å². The molecular weight excluding hydrogens is 456 g/mol. The van der Waals surface area contributed by atoms with E-state index >= 15 is 0 Å². The molecule has 1 aliphatic rings. The van der Waals surface area contributed by atoms with E-state index in [1.165, 1.54) is 11.3 Å². The van der Waals surface area contributed by atoms with Gasteiger partial charge in [-0.3, -0.25) is 9.69 Å². The van der Waals surface area contributed by atoms with Gasteiger partial charge in [-0.1, -0.05) is 11.3 Å². The maximum absolute atomic E-state index is 13.7. The number of hydrogen-bond donors (Lipinski definition) is 0. The first kappa shape index (κ1) is 22.0. The molecule has 0 fully saturated rings. The molecule has 0 atom stereocenters. The van der Waals surface area contributed by atoms with E-state index in [0.29, 0.717) is 59.0 Å². The monoisotopic (exact) mass is 480 g/mol. The van der Waals surface area contributed by atoms with Crippen LogP contribution in [0.5, 0.6) is 23.0 Å². The van der Waals surface area contributed by atoms with Crippen molar-refractivity contribution in [2.75, 3.05) is 38.9 Å². The van der Waals surface area contributed by atoms with E-state index in [2.05, 4.69) is 4.98 Å². The van der Waals surface area contributed by atoms with Crippen LogP contribution in [0.15, 0.2) is 49.1 Å². The Balaban J connectivity index is 1.50. The van der Waals surface area contributed by atoms with Crippen LogP contribution in [0.2, 0.25) is 0 Å². The van der Waals surface area contributed by atoms with Gasteiger partial charge in [0.25, 0.3) is 5.91 Å². The Morgan fingerprint density at radius 1 is 1.12 bits per heavy atom. The third-order valence-electron chi connectivity index (χ3n) is 5.52. The number of hydrogen-bond acceptors (Lipinski definition) is 8. The maximum atomic E-state index is 13.7. The lowest BCUT2D eigenvalue weighted by Crippen LogP contribution is -2.32. The largest absolute Gasteiger partial charge is 0.495 e. The number of imidazole rings is 1. The standard InChI is InChI=1S/C24H24N4O5S/c1-30-18-6-7-19(31-2)22-21(18)26-24(34-22)28(10-3-9-27-11-8-25-15-27)23(29)16-4-5-17-20(14-16)33-13-12-32-17/h4-8,11,14-15H,3,9-10,12-13H2,1-2H3. The smallest absolute Gasteiger partial charge is 0.260 e. The fourth-order valence-electron chi connectivity index (χ4n) is 3.84. The third kappa shape index (κ3) is 4.24. The van der Waals surface area contributed by atoms with Gasteiger partial charge in [0.1, 0.15) is 34.9 Å². The van der Waals surface area contributed by atoms with Crippen molar-refractivity contribution in [3.8, 4) is 23.0 Å². The van der Waals surface area contributed by atoms with Crippen LogP contribution in [-0.4, -0.2) is 54.4 Å². The molecule has 0 aliphatic carbocycles. The highest BCUT2D eigenvalue weighted by atomic mass is 32.1. The Kier molecular flexibility index (Phi) is 6.22. The fraction of sp³-hybridized carbons (Fsp3) is 0.292. The molecule has 1 amide bonds. The van der Waals surface area contributed by atoms with Crippen LogP contribution in [0, 0.1) is 0 Å². The number of nitrogens with zero attached hydrogens (tertiary/aromatic N) is 4. The van der Waals surface area contributed by atoms with Crippen molar-refractivity contribution in [2.45, 2.75) is 13.0 Å². The van der Waals surface area contributed by atoms with Gasteiger partial charge in [0.2, 0.25) is 0 Å². The number of amides is 1. The van der Waals surface area contributed by atoms with Gasteiger partial charge in [-0.2, -0.15) is 0 Å². The van der Waals surface area contributed by atoms with Crippen molar-refractivity contribution >= 4 is 32.6 Å². The average Bonchev–Trinajstić information content (AvgIpc) is 3.55. The van der Waals surface area contributed by atoms with E-state index in [-0.39, 0.29) is 5.91 Å². The van der Waals surface area contributed by atoms with E-state index in [0.717, 1.165) is 17.7 Å². The molecule has 10 heteroatoms. The Bertz CT molecular complexity index is 1260. The average molecular weight is 481 g/mol. The lowest BCUT2D eigenvalue weighted by Gasteiger charge is -2.22. The molecule has 9 nitrogen and oxygen atoms in total. The molecule has 0 N–H and O–H groups in total. The second-order valence-electron chi connectivity index (χ2n) is 7.61. The highest BCUT2D eigenvalue weighted by Crippen LogP contribution is 2.41. The molecule has 1 aliphatic heterocycles. The highest BCUT2D eigenvalue weighted by molar-refractivity contribution is 7.22. The lowest BCUT2D eigenvalue weighted by atomic mass is 10.1. The molecule has 0 spiro atoms. The number of aryl methyl sites for hydroxylation is 1. The number of anilines is 1. The molecule has 2 aromatic heterocycles. The highest BCUT2D eigenvalue weighted by Gasteiger charge is 2.25. The van der Waals surface area contributed by atoms with Gasteiger partial charge in [0, 0.05) is 31.0 Å². The Hall–Kier alpha value is -3.79. The van der Waals surface area contributed by atoms with E-state index in [1.54, 1.807) is 49.8 Å². The first-order valence-corrected chi connectivity index (χ1v) is 11.7. The minimum atomic E-state index is -0.167. The summed E-state index contributed by atoms with van der Waals surface area (Å²) in [5.74, 6) is 2.36. The van der Waals surface area contributed by atoms with Crippen molar-refractivity contribution in [3.05, 3.63) is 54.6 Å². The predicted molar refractivity (Wildman–Crippen MR) is 129 cm³/mol. The molecule has 34 heavy (non-hydrogen) atoms. The Labute approximate surface area is 200 Å². The normalized spacial score (nSPS) is 12.5. The van der Waals surface area contributed by atoms with Gasteiger partial charge in [0.05, 0.1) is 20.5 Å². The molecule has 2 aromatic carbocycles. The fourth-order valence-corrected chi connectivity index (χ4v) is 4.94. The summed E-state index contributed by atoms with van der Waals surface area (Å²) in [6.45, 7) is 2.14. The zero-order chi connectivity index (χ0) is 23.5. The summed E-state index contributed by atoms with van der Waals surface area (Å²) in [6, 6.07) is 8.92. The quantitative estimate of drug-likeness (QED) is 0.376. The molecule has 3 heterocycles. The van der Waals surface area contributed by atoms with Crippen LogP contribution in [0.25, 0.3) is 10.2 Å². The molecule has 5 rings (SSSR count). The number of aromatic nitrogens is 3. The van der Waals surface area contributed by atoms with Crippen molar-refractivity contribution in [1.29, 1.82) is 0 Å². The van der Waals surface area contributed by atoms with Gasteiger partial charge in [-0.15, -0.1) is 0 Å². The second kappa shape index (κ2) is 9.60. The predicted octanol–water partition coefficient (Wildman–Crippen LogP) is 4.02. The minimum Gasteiger partial charge on any atom is -0.495 e. The summed E-state index contributed by atoms with van der Waals surface area (Å²) < 4.78 is 25.1. The van der Waals surface area contributed by atoms with Crippen molar-refractivity contribution < 1.29 is 23.7 Å². The number of carbonyl (C=O) groups is 1. The second-order valence-corrected chi connectivity index (χ2v) is 8.59. The third-order valence-corrected chi connectivity index (χ3v) is 6.61. The number of rotatable bonds is 8. The van der Waals surface area contributed by atoms with E-state index in [9.17, 15) is 4.79 Å². The molecule has 0 saturated carbocycles. The number of benzene rings is 2. The molecular formula is C24H24N4O5S. The molecule has 0 bridgehead atoms. The van der Waals surface area contributed by atoms with Gasteiger partial charge in [-0.25, -0.2) is 9.97 Å². The van der Waals surface area contributed by atoms with E-state index in [4.69, 9.17) is 23.9 Å². The number of carbonyl (C=O) groups excluding carboxylic acids is 1. The minimum absolute atomic E-state index is 0.167. The van der Waals surface area contributed by atoms with Crippen LogP contribution in [-0.2, 0) is 6.54 Å². The van der Waals surface area contributed by atoms with Crippen molar-refractivity contribution in [3.63, 3.8) is 0 Å². The Morgan fingerprint density at radius 3 is 2.68 bits per heavy atom. The number of fused-ring (bicyclic) bond motifs is 2. The van der Waals surface area contributed by atoms with Gasteiger partial charge >= 0.3 is 0 Å². The lowest BCUT2D eigenvalue weighted by molar-refractivity contribution is 0.0985. The van der Waals surface area contributed by atoms with Gasteiger partial charge in [-0.05, 0) is 36.8 Å². The zero-order valence-corrected chi connectivity index (χ0v) is 19.7. The summed E-state index contributed by atoms with van der Waals surface area (Å²) in [7, 11) is 3.22. The summed E-state index contributed by atoms with van der Waals surface area (Å²) in [4.78, 5) is 24.3. The van der Waals surface area contributed by atoms with Crippen LogP contribution in [0.1, 0.15) is 16.8 Å². The zero-order valence-electron chi connectivity index (χ0n) is 18.9. The summed E-state index contributed by atoms with van der Waals surface area (Å²) in [6.07, 6.45) is 6.13. The molecule has 0 unspecified atom stereocenters. The first-order valence-electron chi connectivity index (χ1n) is 10.9. The summed E-state index contributed by atoms with van der Waals surface area (Å²) in [5, 5.41) is 0.573. The van der Waals surface area contributed by atoms with Gasteiger partial charge < -0.3 is 23.5 Å². The first-order chi connectivity index (χ1) is 16.7. The van der Waals surface area contributed by atoms with Crippen LogP contribution in [0.3, 0.4) is 0 Å². The topological polar surface area (TPSA) is 87.9 Å². The number of thiazole rings is 1. The number of ether oxygens (including phenoxy) is 4. The van der Waals surface area contributed by atoms with Crippen molar-refractivity contribution in [1.82, 2.24) is 14.5 Å². The summed E-state index contributed by atoms with van der Waals surface area (Å²) in [5.41, 5.74) is 1.17. The van der Waals surface area contributed by atoms with Gasteiger partial charge in [0.15, 0.2) is 16.6 Å². The molecule has 176 valence electrons. The van der Waals surface area contributed by atoms with E-state index in [1.807, 2.05) is 22.9 Å². The molecule has 0 saturated heterocycles. The SMILES string of the molecule is COc1ccc(OC)c2sc(N(CCCn3ccnc3)C(=O)c3ccc4c(c3)OCCO4)nc12. The molecule has 4 aromatic rings.